The van der Waals surface area contributed by atoms with Gasteiger partial charge in [-0.25, -0.2) is 14.4 Å². The van der Waals surface area contributed by atoms with Gasteiger partial charge in [0.2, 0.25) is 0 Å². The summed E-state index contributed by atoms with van der Waals surface area (Å²) in [5, 5.41) is 2.72. The number of carbonyl (C=O) groups excluding carboxylic acids is 3. The van der Waals surface area contributed by atoms with Crippen LogP contribution < -0.4 is 5.32 Å². The van der Waals surface area contributed by atoms with Gasteiger partial charge < -0.3 is 19.7 Å². The zero-order valence-corrected chi connectivity index (χ0v) is 13.9. The molecule has 0 aromatic heterocycles. The molecule has 0 fully saturated rings. The number of hydrogen-bond donors (Lipinski definition) is 1. The second-order valence-corrected chi connectivity index (χ2v) is 4.97. The molecule has 0 aliphatic heterocycles. The lowest BCUT2D eigenvalue weighted by molar-refractivity contribution is -0.143. The third-order valence-corrected chi connectivity index (χ3v) is 2.60. The van der Waals surface area contributed by atoms with Gasteiger partial charge in [0.1, 0.15) is 6.61 Å². The van der Waals surface area contributed by atoms with Gasteiger partial charge in [0, 0.05) is 25.2 Å². The molecule has 22 heavy (non-hydrogen) atoms. The number of carbonyl (C=O) groups is 3. The van der Waals surface area contributed by atoms with E-state index in [0.717, 1.165) is 12.2 Å². The topological polar surface area (TPSA) is 84.9 Å². The normalized spacial score (nSPS) is 12.1. The first-order valence-corrected chi connectivity index (χ1v) is 7.40. The van der Waals surface area contributed by atoms with Gasteiger partial charge in [0.15, 0.2) is 0 Å². The quantitative estimate of drug-likeness (QED) is 0.542. The highest BCUT2D eigenvalue weighted by Gasteiger charge is 2.13. The molecule has 7 heteroatoms. The predicted molar refractivity (Wildman–Crippen MR) is 82.2 cm³/mol. The highest BCUT2D eigenvalue weighted by molar-refractivity contribution is 5.91. The fourth-order valence-corrected chi connectivity index (χ4v) is 1.52. The Balaban J connectivity index is 4.11. The number of ether oxygens (including phenoxy) is 2. The van der Waals surface area contributed by atoms with E-state index in [2.05, 4.69) is 5.32 Å². The number of nitrogens with zero attached hydrogens (tertiary/aromatic N) is 1. The Labute approximate surface area is 131 Å². The van der Waals surface area contributed by atoms with Crippen molar-refractivity contribution in [3.05, 3.63) is 12.2 Å². The first kappa shape index (κ1) is 19.9. The summed E-state index contributed by atoms with van der Waals surface area (Å²) < 4.78 is 9.77. The van der Waals surface area contributed by atoms with Gasteiger partial charge in [-0.15, -0.1) is 0 Å². The van der Waals surface area contributed by atoms with Crippen LogP contribution in [0.2, 0.25) is 0 Å². The molecular formula is C15H26N2O5. The Kier molecular flexibility index (Phi) is 9.65. The van der Waals surface area contributed by atoms with Crippen molar-refractivity contribution in [2.75, 3.05) is 19.7 Å². The summed E-state index contributed by atoms with van der Waals surface area (Å²) in [7, 11) is 0. The minimum absolute atomic E-state index is 0.0232. The molecule has 0 aliphatic rings. The third-order valence-electron chi connectivity index (χ3n) is 2.60. The van der Waals surface area contributed by atoms with Crippen LogP contribution in [0, 0.1) is 0 Å². The van der Waals surface area contributed by atoms with Gasteiger partial charge >= 0.3 is 18.0 Å². The maximum atomic E-state index is 11.8. The van der Waals surface area contributed by atoms with Crippen molar-refractivity contribution >= 4 is 18.0 Å². The zero-order chi connectivity index (χ0) is 17.1. The number of rotatable bonds is 8. The average molecular weight is 314 g/mol. The Hall–Kier alpha value is -2.05. The van der Waals surface area contributed by atoms with E-state index in [1.54, 1.807) is 25.7 Å². The van der Waals surface area contributed by atoms with Crippen molar-refractivity contribution in [1.82, 2.24) is 10.2 Å². The van der Waals surface area contributed by atoms with Crippen LogP contribution in [-0.4, -0.2) is 54.7 Å². The summed E-state index contributed by atoms with van der Waals surface area (Å²) in [5.74, 6) is -1.26. The molecule has 7 nitrogen and oxygen atoms in total. The second kappa shape index (κ2) is 10.6. The minimum Gasteiger partial charge on any atom is -0.460 e. The summed E-state index contributed by atoms with van der Waals surface area (Å²) in [6, 6.07) is -0.530. The largest absolute Gasteiger partial charge is 0.460 e. The maximum absolute atomic E-state index is 11.8. The Bertz CT molecular complexity index is 403. The number of esters is 2. The molecule has 0 unspecified atom stereocenters. The zero-order valence-electron chi connectivity index (χ0n) is 13.9. The van der Waals surface area contributed by atoms with Gasteiger partial charge in [0.05, 0.1) is 12.1 Å². The number of hydrogen-bond acceptors (Lipinski definition) is 5. The SMILES string of the molecule is CCN(CC)C(=O)N[C@H](C)COC(=O)/C=C/C(=O)OC(C)C. The van der Waals surface area contributed by atoms with E-state index in [-0.39, 0.29) is 24.8 Å². The molecule has 0 saturated heterocycles. The van der Waals surface area contributed by atoms with E-state index in [1.807, 2.05) is 13.8 Å². The summed E-state index contributed by atoms with van der Waals surface area (Å²) in [5.41, 5.74) is 0. The van der Waals surface area contributed by atoms with Crippen LogP contribution in [0.1, 0.15) is 34.6 Å². The van der Waals surface area contributed by atoms with Crippen molar-refractivity contribution in [2.45, 2.75) is 46.8 Å². The van der Waals surface area contributed by atoms with Gasteiger partial charge in [-0.3, -0.25) is 0 Å². The van der Waals surface area contributed by atoms with Gasteiger partial charge in [0.25, 0.3) is 0 Å². The van der Waals surface area contributed by atoms with E-state index in [9.17, 15) is 14.4 Å². The molecular weight excluding hydrogens is 288 g/mol. The van der Waals surface area contributed by atoms with Crippen LogP contribution in [0.4, 0.5) is 4.79 Å². The van der Waals surface area contributed by atoms with Gasteiger partial charge in [-0.05, 0) is 34.6 Å². The number of amides is 2. The molecule has 2 amide bonds. The van der Waals surface area contributed by atoms with Crippen LogP contribution in [-0.2, 0) is 19.1 Å². The lowest BCUT2D eigenvalue weighted by Gasteiger charge is -2.22. The first-order chi connectivity index (χ1) is 10.3. The standard InChI is InChI=1S/C15H26N2O5/c1-6-17(7-2)15(20)16-12(5)10-21-13(18)8-9-14(19)22-11(3)4/h8-9,11-12H,6-7,10H2,1-5H3,(H,16,20)/b9-8+/t12-/m1/s1. The monoisotopic (exact) mass is 314 g/mol. The average Bonchev–Trinajstić information content (AvgIpc) is 2.43. The summed E-state index contributed by atoms with van der Waals surface area (Å²) in [4.78, 5) is 36.0. The predicted octanol–water partition coefficient (Wildman–Crippen LogP) is 1.48. The van der Waals surface area contributed by atoms with Crippen LogP contribution in [0.15, 0.2) is 12.2 Å². The van der Waals surface area contributed by atoms with Crippen molar-refractivity contribution in [2.24, 2.45) is 0 Å². The minimum atomic E-state index is -0.662. The van der Waals surface area contributed by atoms with Crippen molar-refractivity contribution in [3.63, 3.8) is 0 Å². The first-order valence-electron chi connectivity index (χ1n) is 7.40. The van der Waals surface area contributed by atoms with Crippen molar-refractivity contribution in [3.8, 4) is 0 Å². The third kappa shape index (κ3) is 8.99. The molecule has 0 aliphatic carbocycles. The van der Waals surface area contributed by atoms with Crippen LogP contribution >= 0.6 is 0 Å². The lowest BCUT2D eigenvalue weighted by atomic mass is 10.3. The van der Waals surface area contributed by atoms with E-state index in [4.69, 9.17) is 9.47 Å². The molecule has 0 saturated carbocycles. The van der Waals surface area contributed by atoms with E-state index in [1.165, 1.54) is 0 Å². The van der Waals surface area contributed by atoms with Crippen LogP contribution in [0.3, 0.4) is 0 Å². The molecule has 0 spiro atoms. The highest BCUT2D eigenvalue weighted by atomic mass is 16.5. The van der Waals surface area contributed by atoms with Gasteiger partial charge in [-0.2, -0.15) is 0 Å². The smallest absolute Gasteiger partial charge is 0.331 e. The highest BCUT2D eigenvalue weighted by Crippen LogP contribution is 1.94. The lowest BCUT2D eigenvalue weighted by Crippen LogP contribution is -2.45. The van der Waals surface area contributed by atoms with E-state index in [0.29, 0.717) is 13.1 Å². The molecule has 1 atom stereocenters. The summed E-state index contributed by atoms with van der Waals surface area (Å²) in [6.45, 7) is 10.2. The Morgan fingerprint density at radius 1 is 1.05 bits per heavy atom. The van der Waals surface area contributed by atoms with Crippen LogP contribution in [0.5, 0.6) is 0 Å². The fraction of sp³-hybridized carbons (Fsp3) is 0.667. The van der Waals surface area contributed by atoms with Crippen LogP contribution in [0.25, 0.3) is 0 Å². The van der Waals surface area contributed by atoms with Crippen molar-refractivity contribution in [1.29, 1.82) is 0 Å². The molecule has 0 radical (unpaired) electrons. The molecule has 0 heterocycles. The van der Waals surface area contributed by atoms with Gasteiger partial charge in [-0.1, -0.05) is 0 Å². The molecule has 0 aromatic rings. The summed E-state index contributed by atoms with van der Waals surface area (Å²) in [6.07, 6.45) is 1.77. The molecule has 1 N–H and O–H groups in total. The van der Waals surface area contributed by atoms with Crippen molar-refractivity contribution < 1.29 is 23.9 Å². The maximum Gasteiger partial charge on any atom is 0.331 e. The summed E-state index contributed by atoms with van der Waals surface area (Å²) >= 11 is 0. The van der Waals surface area contributed by atoms with E-state index < -0.39 is 11.9 Å². The number of urea groups is 1. The Morgan fingerprint density at radius 3 is 2.09 bits per heavy atom. The fourth-order valence-electron chi connectivity index (χ4n) is 1.52. The molecule has 126 valence electrons. The van der Waals surface area contributed by atoms with E-state index >= 15 is 0 Å². The molecule has 0 aromatic carbocycles. The number of nitrogens with one attached hydrogen (secondary N) is 1. The second-order valence-electron chi connectivity index (χ2n) is 4.97. The Morgan fingerprint density at radius 2 is 1.59 bits per heavy atom. The molecule has 0 rings (SSSR count). The molecule has 0 bridgehead atoms.